The van der Waals surface area contributed by atoms with Gasteiger partial charge in [-0.05, 0) is 108 Å². The monoisotopic (exact) mass is 566 g/mol. The molecule has 5 aliphatic rings. The van der Waals surface area contributed by atoms with E-state index in [-0.39, 0.29) is 11.0 Å². The average Bonchev–Trinajstić information content (AvgIpc) is 3.56. The lowest BCUT2D eigenvalue weighted by atomic mass is 9.49. The molecule has 1 aliphatic heterocycles. The van der Waals surface area contributed by atoms with Gasteiger partial charge in [0.05, 0.1) is 6.61 Å². The number of rotatable bonds is 5. The standard InChI is InChI=1S/C33H50N2O2.2C2H6/c1-6-17-34-30(3)15-13-25-24(20-30)11-12-26-28-14-16-33(36,32(5)35-18-19-37-32)31(28,4)21-27(29(25)26)23-9-7-22(2)8-10-23;2*1-2/h7-10,24,26-28,34-36H,6,11-21H2,1-5H3;2*1-2H3/t24?,26?,27?,28?,30?,31?,32?,33-;;/m1../s1. The average molecular weight is 567 g/mol. The predicted octanol–water partition coefficient (Wildman–Crippen LogP) is 8.28. The van der Waals surface area contributed by atoms with Crippen LogP contribution in [0.4, 0.5) is 0 Å². The number of fused-ring (bicyclic) bond motifs is 4. The quantitative estimate of drug-likeness (QED) is 0.314. The summed E-state index contributed by atoms with van der Waals surface area (Å²) < 4.78 is 6.30. The highest BCUT2D eigenvalue weighted by molar-refractivity contribution is 5.42. The first-order valence-corrected chi connectivity index (χ1v) is 17.3. The van der Waals surface area contributed by atoms with Crippen LogP contribution in [0.2, 0.25) is 0 Å². The molecule has 0 bridgehead atoms. The van der Waals surface area contributed by atoms with Crippen molar-refractivity contribution in [2.45, 2.75) is 143 Å². The van der Waals surface area contributed by atoms with E-state index in [0.717, 1.165) is 32.4 Å². The Morgan fingerprint density at radius 3 is 2.32 bits per heavy atom. The Morgan fingerprint density at radius 1 is 0.976 bits per heavy atom. The van der Waals surface area contributed by atoms with Crippen molar-refractivity contribution in [2.24, 2.45) is 23.2 Å². The molecule has 0 aromatic heterocycles. The molecule has 1 heterocycles. The van der Waals surface area contributed by atoms with E-state index in [2.05, 4.69) is 69.5 Å². The van der Waals surface area contributed by atoms with Crippen LogP contribution in [0.5, 0.6) is 0 Å². The molecule has 0 amide bonds. The molecule has 4 fully saturated rings. The first kappa shape index (κ1) is 32.7. The van der Waals surface area contributed by atoms with E-state index in [4.69, 9.17) is 4.74 Å². The van der Waals surface area contributed by atoms with E-state index in [1.54, 1.807) is 11.1 Å². The number of aryl methyl sites for hydroxylation is 1. The summed E-state index contributed by atoms with van der Waals surface area (Å²) in [5.74, 6) is 2.22. The molecule has 41 heavy (non-hydrogen) atoms. The van der Waals surface area contributed by atoms with Crippen LogP contribution >= 0.6 is 0 Å². The third-order valence-corrected chi connectivity index (χ3v) is 11.8. The summed E-state index contributed by atoms with van der Waals surface area (Å²) in [5, 5.41) is 20.1. The number of nitrogens with one attached hydrogen (secondary N) is 2. The molecule has 3 N–H and O–H groups in total. The molecule has 6 rings (SSSR count). The second kappa shape index (κ2) is 12.8. The van der Waals surface area contributed by atoms with Gasteiger partial charge in [-0.2, -0.15) is 0 Å². The van der Waals surface area contributed by atoms with Crippen molar-refractivity contribution in [1.29, 1.82) is 0 Å². The fraction of sp³-hybridized carbons (Fsp3) is 0.784. The maximum absolute atomic E-state index is 12.6. The highest BCUT2D eigenvalue weighted by Crippen LogP contribution is 2.69. The van der Waals surface area contributed by atoms with Crippen molar-refractivity contribution in [3.05, 3.63) is 46.5 Å². The van der Waals surface area contributed by atoms with E-state index in [1.807, 2.05) is 27.7 Å². The minimum atomic E-state index is -0.855. The smallest absolute Gasteiger partial charge is 0.145 e. The number of benzene rings is 1. The summed E-state index contributed by atoms with van der Waals surface area (Å²) in [5.41, 5.74) is 4.95. The SMILES string of the molecule is CC.CC.CCCNC1(C)CCC2=C3C(c4ccc(C)cc4)CC4(C)C(CC[C@]4(O)C4(C)NCCO4)C3CCC2C1. The molecule has 4 heteroatoms. The fourth-order valence-corrected chi connectivity index (χ4v) is 9.82. The number of allylic oxidation sites excluding steroid dienone is 2. The molecule has 3 saturated carbocycles. The largest absolute Gasteiger partial charge is 0.385 e. The number of ether oxygens (including phenoxy) is 1. The summed E-state index contributed by atoms with van der Waals surface area (Å²) in [6, 6.07) is 9.35. The van der Waals surface area contributed by atoms with Crippen LogP contribution in [-0.2, 0) is 4.74 Å². The Labute approximate surface area is 252 Å². The lowest BCUT2D eigenvalue weighted by Crippen LogP contribution is -2.67. The number of hydrogen-bond donors (Lipinski definition) is 3. The van der Waals surface area contributed by atoms with E-state index in [9.17, 15) is 5.11 Å². The normalized spacial score (nSPS) is 41.3. The van der Waals surface area contributed by atoms with Gasteiger partial charge in [-0.25, -0.2) is 0 Å². The zero-order valence-electron chi connectivity index (χ0n) is 28.0. The van der Waals surface area contributed by atoms with Gasteiger partial charge >= 0.3 is 0 Å². The summed E-state index contributed by atoms with van der Waals surface area (Å²) in [6.07, 6.45) is 10.5. The molecule has 232 valence electrons. The van der Waals surface area contributed by atoms with Gasteiger partial charge in [0.25, 0.3) is 0 Å². The van der Waals surface area contributed by atoms with Crippen LogP contribution in [0.15, 0.2) is 35.4 Å². The van der Waals surface area contributed by atoms with E-state index in [0.29, 0.717) is 30.3 Å². The number of hydrogen-bond acceptors (Lipinski definition) is 4. The van der Waals surface area contributed by atoms with Gasteiger partial charge in [0.1, 0.15) is 11.3 Å². The Bertz CT molecular complexity index is 1040. The molecule has 1 saturated heterocycles. The molecule has 1 aromatic carbocycles. The number of aliphatic hydroxyl groups is 1. The fourth-order valence-electron chi connectivity index (χ4n) is 9.82. The molecule has 4 nitrogen and oxygen atoms in total. The Kier molecular flexibility index (Phi) is 10.2. The highest BCUT2D eigenvalue weighted by Gasteiger charge is 2.69. The third-order valence-electron chi connectivity index (χ3n) is 11.8. The highest BCUT2D eigenvalue weighted by atomic mass is 16.5. The van der Waals surface area contributed by atoms with Gasteiger partial charge in [-0.1, -0.05) is 82.5 Å². The first-order chi connectivity index (χ1) is 19.6. The van der Waals surface area contributed by atoms with E-state index < -0.39 is 11.3 Å². The van der Waals surface area contributed by atoms with Crippen molar-refractivity contribution in [2.75, 3.05) is 19.7 Å². The molecule has 7 unspecified atom stereocenters. The Morgan fingerprint density at radius 2 is 1.68 bits per heavy atom. The van der Waals surface area contributed by atoms with Gasteiger partial charge in [0.2, 0.25) is 0 Å². The zero-order chi connectivity index (χ0) is 30.1. The molecule has 0 radical (unpaired) electrons. The van der Waals surface area contributed by atoms with E-state index >= 15 is 0 Å². The lowest BCUT2D eigenvalue weighted by Gasteiger charge is -2.58. The first-order valence-electron chi connectivity index (χ1n) is 17.3. The molecule has 4 aliphatic carbocycles. The van der Waals surface area contributed by atoms with Crippen LogP contribution in [0.25, 0.3) is 0 Å². The van der Waals surface area contributed by atoms with Crippen LogP contribution in [0.1, 0.15) is 130 Å². The van der Waals surface area contributed by atoms with Crippen molar-refractivity contribution < 1.29 is 9.84 Å². The molecular weight excluding hydrogens is 504 g/mol. The van der Waals surface area contributed by atoms with Crippen molar-refractivity contribution >= 4 is 0 Å². The summed E-state index contributed by atoms with van der Waals surface area (Å²) in [7, 11) is 0. The van der Waals surface area contributed by atoms with Gasteiger partial charge in [0.15, 0.2) is 0 Å². The second-order valence-electron chi connectivity index (χ2n) is 14.0. The molecule has 8 atom stereocenters. The van der Waals surface area contributed by atoms with Crippen molar-refractivity contribution in [3.63, 3.8) is 0 Å². The second-order valence-corrected chi connectivity index (χ2v) is 14.0. The van der Waals surface area contributed by atoms with Crippen LogP contribution in [-0.4, -0.2) is 41.7 Å². The van der Waals surface area contributed by atoms with Gasteiger partial charge in [-0.15, -0.1) is 0 Å². The maximum atomic E-state index is 12.6. The third kappa shape index (κ3) is 5.49. The lowest BCUT2D eigenvalue weighted by molar-refractivity contribution is -0.219. The zero-order valence-corrected chi connectivity index (χ0v) is 28.0. The van der Waals surface area contributed by atoms with Crippen LogP contribution in [0.3, 0.4) is 0 Å². The summed E-state index contributed by atoms with van der Waals surface area (Å²) in [6.45, 7) is 22.1. The molecular formula is C37H62N2O2. The Balaban J connectivity index is 0.000000929. The topological polar surface area (TPSA) is 53.5 Å². The van der Waals surface area contributed by atoms with Gasteiger partial charge < -0.3 is 15.2 Å². The maximum Gasteiger partial charge on any atom is 0.145 e. The van der Waals surface area contributed by atoms with E-state index in [1.165, 1.54) is 49.7 Å². The van der Waals surface area contributed by atoms with Gasteiger partial charge in [-0.3, -0.25) is 5.32 Å². The van der Waals surface area contributed by atoms with Crippen LogP contribution in [0, 0.1) is 30.1 Å². The summed E-state index contributed by atoms with van der Waals surface area (Å²) >= 11 is 0. The minimum Gasteiger partial charge on any atom is -0.385 e. The minimum absolute atomic E-state index is 0.179. The van der Waals surface area contributed by atoms with Crippen molar-refractivity contribution in [1.82, 2.24) is 10.6 Å². The van der Waals surface area contributed by atoms with Crippen molar-refractivity contribution in [3.8, 4) is 0 Å². The molecule has 0 spiro atoms. The predicted molar refractivity (Wildman–Crippen MR) is 173 cm³/mol. The summed E-state index contributed by atoms with van der Waals surface area (Å²) in [4.78, 5) is 0. The molecule has 1 aromatic rings. The van der Waals surface area contributed by atoms with Crippen LogP contribution < -0.4 is 10.6 Å². The Hall–Kier alpha value is -1.20. The van der Waals surface area contributed by atoms with Gasteiger partial charge in [0, 0.05) is 23.4 Å².